The maximum absolute atomic E-state index is 10.5. The quantitative estimate of drug-likeness (QED) is 0.334. The third-order valence-corrected chi connectivity index (χ3v) is 7.35. The molecule has 4 N–H and O–H groups in total. The average molecular weight is 638 g/mol. The lowest BCUT2D eigenvalue weighted by atomic mass is 9.96. The number of amidine groups is 1. The molecule has 2 heterocycles. The van der Waals surface area contributed by atoms with Crippen molar-refractivity contribution in [3.05, 3.63) is 87.9 Å². The van der Waals surface area contributed by atoms with Crippen LogP contribution < -0.4 is 15.8 Å². The van der Waals surface area contributed by atoms with Gasteiger partial charge in [0.25, 0.3) is 10.1 Å². The SMILES string of the molecule is COS(C)(=O)=O.Clc1ccc2c(c1)C(N1CCNCC1)=Nc1ccccc1O2.NCC(CC(=O)O)c1ccc(Cl)cc1. The number of aliphatic imine (C=N–C) groups is 1. The van der Waals surface area contributed by atoms with E-state index in [0.717, 1.165) is 73.7 Å². The van der Waals surface area contributed by atoms with Gasteiger partial charge in [0.15, 0.2) is 5.75 Å². The van der Waals surface area contributed by atoms with Crippen molar-refractivity contribution in [2.45, 2.75) is 12.3 Å². The molecule has 0 spiro atoms. The molecule has 1 unspecified atom stereocenters. The number of piperazine rings is 1. The number of carboxylic acid groups (broad SMARTS) is 1. The Morgan fingerprint density at radius 1 is 1.07 bits per heavy atom. The van der Waals surface area contributed by atoms with Crippen molar-refractivity contribution in [1.82, 2.24) is 10.2 Å². The standard InChI is InChI=1S/C17H16ClN3O.C10H12ClNO2.C2H6O3S/c18-12-5-6-15-13(11-12)17(21-9-7-19-8-10-21)20-14-3-1-2-4-16(14)22-15;11-9-3-1-7(2-4-9)8(6-12)5-10(13)14;1-5-6(2,3)4/h1-6,11,19H,7-10H2;1-4,8H,5-6,12H2,(H,13,14);1-2H3. The van der Waals surface area contributed by atoms with Gasteiger partial charge in [-0.1, -0.05) is 47.5 Å². The normalized spacial score (nSPS) is 14.7. The van der Waals surface area contributed by atoms with Crippen molar-refractivity contribution in [2.75, 3.05) is 46.1 Å². The van der Waals surface area contributed by atoms with Crippen LogP contribution in [0.15, 0.2) is 71.7 Å². The Morgan fingerprint density at radius 2 is 1.69 bits per heavy atom. The summed E-state index contributed by atoms with van der Waals surface area (Å²) in [5.74, 6) is 1.53. The predicted molar refractivity (Wildman–Crippen MR) is 166 cm³/mol. The van der Waals surface area contributed by atoms with Crippen molar-refractivity contribution in [3.8, 4) is 11.5 Å². The van der Waals surface area contributed by atoms with Crippen LogP contribution in [0.5, 0.6) is 11.5 Å². The van der Waals surface area contributed by atoms with Gasteiger partial charge in [0.1, 0.15) is 17.3 Å². The monoisotopic (exact) mass is 636 g/mol. The number of aliphatic carboxylic acids is 1. The lowest BCUT2D eigenvalue weighted by Gasteiger charge is -2.30. The minimum Gasteiger partial charge on any atom is -0.481 e. The molecule has 1 atom stereocenters. The minimum atomic E-state index is -3.16. The van der Waals surface area contributed by atoms with Crippen LogP contribution in [-0.4, -0.2) is 76.3 Å². The summed E-state index contributed by atoms with van der Waals surface area (Å²) in [4.78, 5) is 17.7. The summed E-state index contributed by atoms with van der Waals surface area (Å²) >= 11 is 11.9. The lowest BCUT2D eigenvalue weighted by molar-refractivity contribution is -0.137. The number of benzene rings is 3. The first-order chi connectivity index (χ1) is 20.0. The second kappa shape index (κ2) is 15.9. The van der Waals surface area contributed by atoms with E-state index >= 15 is 0 Å². The van der Waals surface area contributed by atoms with Gasteiger partial charge in [-0.2, -0.15) is 8.42 Å². The summed E-state index contributed by atoms with van der Waals surface area (Å²) < 4.78 is 29.5. The highest BCUT2D eigenvalue weighted by atomic mass is 35.5. The number of halogens is 2. The van der Waals surface area contributed by atoms with Crippen LogP contribution in [0.2, 0.25) is 10.0 Å². The van der Waals surface area contributed by atoms with Crippen molar-refractivity contribution in [3.63, 3.8) is 0 Å². The van der Waals surface area contributed by atoms with Crippen LogP contribution in [0, 0.1) is 0 Å². The molecule has 3 aromatic carbocycles. The van der Waals surface area contributed by atoms with Gasteiger partial charge < -0.3 is 25.8 Å². The molecule has 13 heteroatoms. The number of fused-ring (bicyclic) bond motifs is 2. The van der Waals surface area contributed by atoms with Gasteiger partial charge in [-0.05, 0) is 54.6 Å². The molecule has 0 bridgehead atoms. The van der Waals surface area contributed by atoms with Gasteiger partial charge in [0.05, 0.1) is 25.3 Å². The number of nitrogens with zero attached hydrogens (tertiary/aromatic N) is 2. The molecule has 1 fully saturated rings. The van der Waals surface area contributed by atoms with E-state index in [9.17, 15) is 13.2 Å². The molecule has 0 amide bonds. The Morgan fingerprint density at radius 3 is 2.29 bits per heavy atom. The van der Waals surface area contributed by atoms with E-state index in [1.807, 2.05) is 54.6 Å². The smallest absolute Gasteiger partial charge is 0.304 e. The zero-order valence-electron chi connectivity index (χ0n) is 23.3. The summed E-state index contributed by atoms with van der Waals surface area (Å²) in [6.45, 7) is 4.09. The van der Waals surface area contributed by atoms with Crippen LogP contribution in [0.25, 0.3) is 0 Å². The molecule has 42 heavy (non-hydrogen) atoms. The maximum Gasteiger partial charge on any atom is 0.304 e. The number of rotatable bonds is 5. The van der Waals surface area contributed by atoms with E-state index in [-0.39, 0.29) is 12.3 Å². The van der Waals surface area contributed by atoms with Gasteiger partial charge in [-0.15, -0.1) is 0 Å². The number of ether oxygens (including phenoxy) is 1. The fourth-order valence-corrected chi connectivity index (χ4v) is 4.39. The van der Waals surface area contributed by atoms with Crippen LogP contribution in [0.3, 0.4) is 0 Å². The molecule has 10 nitrogen and oxygen atoms in total. The van der Waals surface area contributed by atoms with Crippen LogP contribution in [0.4, 0.5) is 5.69 Å². The predicted octanol–water partition coefficient (Wildman–Crippen LogP) is 4.88. The summed E-state index contributed by atoms with van der Waals surface area (Å²) in [7, 11) is -2.04. The molecule has 0 aliphatic carbocycles. The largest absolute Gasteiger partial charge is 0.481 e. The number of nitrogens with one attached hydrogen (secondary N) is 1. The van der Waals surface area contributed by atoms with E-state index < -0.39 is 16.1 Å². The van der Waals surface area contributed by atoms with Crippen molar-refractivity contribution in [2.24, 2.45) is 10.7 Å². The Labute approximate surface area is 256 Å². The highest BCUT2D eigenvalue weighted by Gasteiger charge is 2.24. The van der Waals surface area contributed by atoms with Crippen molar-refractivity contribution in [1.29, 1.82) is 0 Å². The number of para-hydroxylation sites is 2. The molecule has 5 rings (SSSR count). The van der Waals surface area contributed by atoms with Crippen molar-refractivity contribution >= 4 is 50.8 Å². The lowest BCUT2D eigenvalue weighted by Crippen LogP contribution is -2.46. The van der Waals surface area contributed by atoms with Crippen LogP contribution in [0.1, 0.15) is 23.5 Å². The Balaban J connectivity index is 0.000000208. The fourth-order valence-electron chi connectivity index (χ4n) is 4.10. The van der Waals surface area contributed by atoms with E-state index in [4.69, 9.17) is 43.8 Å². The molecule has 2 aliphatic heterocycles. The Bertz CT molecular complexity index is 1480. The van der Waals surface area contributed by atoms with Gasteiger partial charge in [0.2, 0.25) is 0 Å². The Kier molecular flexibility index (Phi) is 12.6. The highest BCUT2D eigenvalue weighted by Crippen LogP contribution is 2.38. The van der Waals surface area contributed by atoms with Crippen LogP contribution in [-0.2, 0) is 19.1 Å². The second-order valence-electron chi connectivity index (χ2n) is 9.34. The molecule has 0 saturated carbocycles. The van der Waals surface area contributed by atoms with E-state index in [2.05, 4.69) is 14.4 Å². The third-order valence-electron chi connectivity index (χ3n) is 6.26. The zero-order valence-corrected chi connectivity index (χ0v) is 25.6. The zero-order chi connectivity index (χ0) is 30.7. The first-order valence-corrected chi connectivity index (χ1v) is 15.6. The first kappa shape index (κ1) is 33.3. The van der Waals surface area contributed by atoms with Gasteiger partial charge in [0, 0.05) is 42.1 Å². The summed E-state index contributed by atoms with van der Waals surface area (Å²) in [6, 6.07) is 20.6. The number of hydrogen-bond acceptors (Lipinski definition) is 9. The average Bonchev–Trinajstić information content (AvgIpc) is 3.14. The number of carboxylic acids is 1. The van der Waals surface area contributed by atoms with Gasteiger partial charge >= 0.3 is 5.97 Å². The summed E-state index contributed by atoms with van der Waals surface area (Å²) in [6.07, 6.45) is 1.05. The molecular weight excluding hydrogens is 603 g/mol. The number of nitrogens with two attached hydrogens (primary N) is 1. The van der Waals surface area contributed by atoms with Gasteiger partial charge in [-0.3, -0.25) is 8.98 Å². The molecule has 226 valence electrons. The molecule has 3 aromatic rings. The maximum atomic E-state index is 10.5. The minimum absolute atomic E-state index is 0.0537. The number of hydrogen-bond donors (Lipinski definition) is 3. The third kappa shape index (κ3) is 10.3. The summed E-state index contributed by atoms with van der Waals surface area (Å²) in [5.41, 5.74) is 8.21. The Hall–Kier alpha value is -3.19. The second-order valence-corrected chi connectivity index (χ2v) is 12.0. The molecule has 0 radical (unpaired) electrons. The summed E-state index contributed by atoms with van der Waals surface area (Å²) in [5, 5.41) is 13.3. The van der Waals surface area contributed by atoms with Crippen LogP contribution >= 0.6 is 23.2 Å². The topological polar surface area (TPSA) is 144 Å². The number of carbonyl (C=O) groups is 1. The fraction of sp³-hybridized carbons (Fsp3) is 0.310. The first-order valence-electron chi connectivity index (χ1n) is 13.0. The molecular formula is C29H34Cl2N4O6S. The molecule has 2 aliphatic rings. The van der Waals surface area contributed by atoms with Crippen molar-refractivity contribution < 1.29 is 27.2 Å². The van der Waals surface area contributed by atoms with E-state index in [1.54, 1.807) is 12.1 Å². The highest BCUT2D eigenvalue weighted by molar-refractivity contribution is 7.85. The molecule has 0 aromatic heterocycles. The van der Waals surface area contributed by atoms with E-state index in [1.165, 1.54) is 0 Å². The molecule has 1 saturated heterocycles. The van der Waals surface area contributed by atoms with E-state index in [0.29, 0.717) is 16.6 Å². The van der Waals surface area contributed by atoms with Gasteiger partial charge in [-0.25, -0.2) is 4.99 Å².